The summed E-state index contributed by atoms with van der Waals surface area (Å²) in [6.45, 7) is 3.28. The van der Waals surface area contributed by atoms with Crippen LogP contribution in [-0.2, 0) is 6.42 Å². The van der Waals surface area contributed by atoms with Crippen LogP contribution in [0.1, 0.15) is 24.8 Å². The summed E-state index contributed by atoms with van der Waals surface area (Å²) in [7, 11) is 0. The molecule has 0 saturated carbocycles. The second kappa shape index (κ2) is 6.42. The van der Waals surface area contributed by atoms with Crippen LogP contribution >= 0.6 is 0 Å². The molecule has 90 valence electrons. The Bertz CT molecular complexity index is 358. The van der Waals surface area contributed by atoms with E-state index in [1.165, 1.54) is 37.9 Å². The van der Waals surface area contributed by atoms with Crippen molar-refractivity contribution in [1.82, 2.24) is 4.90 Å². The summed E-state index contributed by atoms with van der Waals surface area (Å²) in [4.78, 5) is 2.42. The number of hydrogen-bond acceptors (Lipinski definition) is 2. The minimum absolute atomic E-state index is 0.670. The molecule has 17 heavy (non-hydrogen) atoms. The van der Waals surface area contributed by atoms with Gasteiger partial charge >= 0.3 is 0 Å². The molecule has 1 saturated heterocycles. The van der Waals surface area contributed by atoms with Crippen molar-refractivity contribution in [2.45, 2.75) is 25.7 Å². The fourth-order valence-corrected chi connectivity index (χ4v) is 2.57. The van der Waals surface area contributed by atoms with Gasteiger partial charge in [-0.15, -0.1) is 0 Å². The third-order valence-corrected chi connectivity index (χ3v) is 3.61. The summed E-state index contributed by atoms with van der Waals surface area (Å²) in [5, 5.41) is 8.57. The van der Waals surface area contributed by atoms with E-state index in [0.717, 1.165) is 12.5 Å². The third-order valence-electron chi connectivity index (χ3n) is 3.61. The van der Waals surface area contributed by atoms with E-state index in [1.807, 2.05) is 0 Å². The zero-order valence-corrected chi connectivity index (χ0v) is 10.3. The highest BCUT2D eigenvalue weighted by Crippen LogP contribution is 2.21. The number of nitriles is 1. The van der Waals surface area contributed by atoms with Crippen molar-refractivity contribution >= 4 is 0 Å². The van der Waals surface area contributed by atoms with Gasteiger partial charge in [-0.2, -0.15) is 5.26 Å². The lowest BCUT2D eigenvalue weighted by Gasteiger charge is -2.31. The lowest BCUT2D eigenvalue weighted by molar-refractivity contribution is 0.187. The predicted molar refractivity (Wildman–Crippen MR) is 69.5 cm³/mol. The zero-order valence-electron chi connectivity index (χ0n) is 10.3. The minimum atomic E-state index is 0.670. The smallest absolute Gasteiger partial charge is 0.0635 e. The van der Waals surface area contributed by atoms with Gasteiger partial charge in [0.2, 0.25) is 0 Å². The first-order valence-corrected chi connectivity index (χ1v) is 6.51. The molecule has 1 heterocycles. The normalized spacial score (nSPS) is 17.8. The average Bonchev–Trinajstić information content (AvgIpc) is 2.39. The van der Waals surface area contributed by atoms with E-state index in [0.29, 0.717) is 6.42 Å². The summed E-state index contributed by atoms with van der Waals surface area (Å²) in [5.74, 6) is 0.829. The van der Waals surface area contributed by atoms with E-state index in [4.69, 9.17) is 5.26 Å². The molecule has 0 atom stereocenters. The van der Waals surface area contributed by atoms with Gasteiger partial charge in [-0.25, -0.2) is 0 Å². The second-order valence-corrected chi connectivity index (χ2v) is 4.88. The molecular weight excluding hydrogens is 208 g/mol. The Morgan fingerprint density at radius 1 is 1.18 bits per heavy atom. The Balaban J connectivity index is 1.74. The van der Waals surface area contributed by atoms with Crippen molar-refractivity contribution in [1.29, 1.82) is 5.26 Å². The number of benzene rings is 1. The van der Waals surface area contributed by atoms with Gasteiger partial charge in [-0.05, 0) is 43.8 Å². The lowest BCUT2D eigenvalue weighted by Crippen LogP contribution is -2.34. The van der Waals surface area contributed by atoms with E-state index < -0.39 is 0 Å². The summed E-state index contributed by atoms with van der Waals surface area (Å²) in [5.41, 5.74) is 1.46. The Labute approximate surface area is 104 Å². The Morgan fingerprint density at radius 2 is 1.88 bits per heavy atom. The summed E-state index contributed by atoms with van der Waals surface area (Å²) in [6.07, 6.45) is 4.44. The van der Waals surface area contributed by atoms with Gasteiger partial charge in [0.05, 0.1) is 6.07 Å². The van der Waals surface area contributed by atoms with Gasteiger partial charge in [-0.3, -0.25) is 0 Å². The van der Waals surface area contributed by atoms with Crippen LogP contribution in [-0.4, -0.2) is 24.5 Å². The van der Waals surface area contributed by atoms with Crippen molar-refractivity contribution < 1.29 is 0 Å². The highest BCUT2D eigenvalue weighted by molar-refractivity contribution is 5.15. The molecule has 0 aliphatic carbocycles. The van der Waals surface area contributed by atoms with Crippen LogP contribution in [0.4, 0.5) is 0 Å². The first kappa shape index (κ1) is 12.1. The van der Waals surface area contributed by atoms with Crippen molar-refractivity contribution in [3.8, 4) is 6.07 Å². The van der Waals surface area contributed by atoms with E-state index in [2.05, 4.69) is 41.3 Å². The van der Waals surface area contributed by atoms with E-state index in [-0.39, 0.29) is 0 Å². The van der Waals surface area contributed by atoms with Gasteiger partial charge < -0.3 is 4.90 Å². The van der Waals surface area contributed by atoms with Gasteiger partial charge in [0, 0.05) is 13.0 Å². The SMILES string of the molecule is N#CCCN1CCC(Cc2ccccc2)CC1. The number of nitrogens with zero attached hydrogens (tertiary/aromatic N) is 2. The Kier molecular flexibility index (Phi) is 4.58. The average molecular weight is 228 g/mol. The molecule has 0 amide bonds. The van der Waals surface area contributed by atoms with Crippen molar-refractivity contribution in [2.75, 3.05) is 19.6 Å². The Morgan fingerprint density at radius 3 is 2.53 bits per heavy atom. The molecule has 1 aromatic rings. The summed E-state index contributed by atoms with van der Waals surface area (Å²) in [6, 6.07) is 13.0. The molecule has 0 unspecified atom stereocenters. The quantitative estimate of drug-likeness (QED) is 0.792. The molecular formula is C15H20N2. The maximum Gasteiger partial charge on any atom is 0.0635 e. The monoisotopic (exact) mass is 228 g/mol. The predicted octanol–water partition coefficient (Wildman–Crippen LogP) is 2.85. The van der Waals surface area contributed by atoms with Gasteiger partial charge in [0.1, 0.15) is 0 Å². The topological polar surface area (TPSA) is 27.0 Å². The first-order chi connectivity index (χ1) is 8.38. The molecule has 1 aromatic carbocycles. The maximum absolute atomic E-state index is 8.57. The highest BCUT2D eigenvalue weighted by Gasteiger charge is 2.18. The molecule has 1 aliphatic rings. The van der Waals surface area contributed by atoms with Crippen LogP contribution in [0.5, 0.6) is 0 Å². The number of likely N-dealkylation sites (tertiary alicyclic amines) is 1. The molecule has 0 N–H and O–H groups in total. The highest BCUT2D eigenvalue weighted by atomic mass is 15.1. The second-order valence-electron chi connectivity index (χ2n) is 4.88. The van der Waals surface area contributed by atoms with Crippen LogP contribution in [0, 0.1) is 17.2 Å². The van der Waals surface area contributed by atoms with Gasteiger partial charge in [-0.1, -0.05) is 30.3 Å². The molecule has 2 nitrogen and oxygen atoms in total. The minimum Gasteiger partial charge on any atom is -0.302 e. The molecule has 2 heteroatoms. The fourth-order valence-electron chi connectivity index (χ4n) is 2.57. The number of piperidine rings is 1. The standard InChI is InChI=1S/C15H20N2/c16-9-4-10-17-11-7-15(8-12-17)13-14-5-2-1-3-6-14/h1-3,5-6,15H,4,7-8,10-13H2. The first-order valence-electron chi connectivity index (χ1n) is 6.51. The van der Waals surface area contributed by atoms with E-state index in [1.54, 1.807) is 0 Å². The Hall–Kier alpha value is -1.33. The van der Waals surface area contributed by atoms with Crippen molar-refractivity contribution in [2.24, 2.45) is 5.92 Å². The van der Waals surface area contributed by atoms with Crippen LogP contribution in [0.15, 0.2) is 30.3 Å². The summed E-state index contributed by atoms with van der Waals surface area (Å²) >= 11 is 0. The molecule has 1 fully saturated rings. The van der Waals surface area contributed by atoms with Gasteiger partial charge in [0.15, 0.2) is 0 Å². The van der Waals surface area contributed by atoms with E-state index in [9.17, 15) is 0 Å². The number of hydrogen-bond donors (Lipinski definition) is 0. The fraction of sp³-hybridized carbons (Fsp3) is 0.533. The largest absolute Gasteiger partial charge is 0.302 e. The third kappa shape index (κ3) is 3.87. The molecule has 0 spiro atoms. The van der Waals surface area contributed by atoms with Crippen molar-refractivity contribution in [3.05, 3.63) is 35.9 Å². The van der Waals surface area contributed by atoms with E-state index >= 15 is 0 Å². The molecule has 0 aromatic heterocycles. The zero-order chi connectivity index (χ0) is 11.9. The maximum atomic E-state index is 8.57. The van der Waals surface area contributed by atoms with Gasteiger partial charge in [0.25, 0.3) is 0 Å². The molecule has 2 rings (SSSR count). The van der Waals surface area contributed by atoms with Crippen LogP contribution in [0.2, 0.25) is 0 Å². The van der Waals surface area contributed by atoms with Crippen LogP contribution in [0.3, 0.4) is 0 Å². The van der Waals surface area contributed by atoms with Crippen LogP contribution < -0.4 is 0 Å². The molecule has 0 radical (unpaired) electrons. The van der Waals surface area contributed by atoms with Crippen LogP contribution in [0.25, 0.3) is 0 Å². The van der Waals surface area contributed by atoms with Crippen molar-refractivity contribution in [3.63, 3.8) is 0 Å². The molecule has 1 aliphatic heterocycles. The lowest BCUT2D eigenvalue weighted by atomic mass is 9.90. The number of rotatable bonds is 4. The summed E-state index contributed by atoms with van der Waals surface area (Å²) < 4.78 is 0. The molecule has 0 bridgehead atoms.